The van der Waals surface area contributed by atoms with E-state index in [2.05, 4.69) is 10.3 Å². The minimum absolute atomic E-state index is 0.0382. The van der Waals surface area contributed by atoms with E-state index in [-0.39, 0.29) is 22.6 Å². The first kappa shape index (κ1) is 25.5. The van der Waals surface area contributed by atoms with Gasteiger partial charge in [0.05, 0.1) is 11.1 Å². The summed E-state index contributed by atoms with van der Waals surface area (Å²) >= 11 is 0. The number of nitrogens with zero attached hydrogens (tertiary/aromatic N) is 2. The van der Waals surface area contributed by atoms with Crippen LogP contribution in [0.3, 0.4) is 0 Å². The van der Waals surface area contributed by atoms with Gasteiger partial charge in [-0.25, -0.2) is 4.98 Å². The van der Waals surface area contributed by atoms with Gasteiger partial charge in [0.2, 0.25) is 0 Å². The predicted octanol–water partition coefficient (Wildman–Crippen LogP) is 4.70. The number of benzene rings is 2. The summed E-state index contributed by atoms with van der Waals surface area (Å²) in [5, 5.41) is 24.4. The van der Waals surface area contributed by atoms with E-state index in [4.69, 9.17) is 10.5 Å². The predicted molar refractivity (Wildman–Crippen MR) is 149 cm³/mol. The number of pyridine rings is 2. The maximum Gasteiger partial charge on any atom is 0.197 e. The first-order valence-corrected chi connectivity index (χ1v) is 12.8. The van der Waals surface area contributed by atoms with Crippen LogP contribution in [-0.4, -0.2) is 33.0 Å². The molecule has 8 heteroatoms. The van der Waals surface area contributed by atoms with Gasteiger partial charge in [-0.3, -0.25) is 4.79 Å². The number of anilines is 2. The Morgan fingerprint density at radius 1 is 1.05 bits per heavy atom. The molecule has 2 aromatic carbocycles. The van der Waals surface area contributed by atoms with Crippen LogP contribution in [0.1, 0.15) is 30.2 Å². The summed E-state index contributed by atoms with van der Waals surface area (Å²) in [5.74, 6) is 0.707. The summed E-state index contributed by atoms with van der Waals surface area (Å²) in [6.07, 6.45) is 5.78. The van der Waals surface area contributed by atoms with Crippen molar-refractivity contribution in [3.63, 3.8) is 0 Å². The number of rotatable bonds is 7. The van der Waals surface area contributed by atoms with Crippen molar-refractivity contribution in [2.24, 2.45) is 5.92 Å². The Hall–Kier alpha value is -4.14. The Morgan fingerprint density at radius 2 is 1.74 bits per heavy atom. The number of hydrogen-bond donors (Lipinski definition) is 4. The van der Waals surface area contributed by atoms with Crippen LogP contribution in [0.4, 0.5) is 11.5 Å². The number of nitrogens with two attached hydrogens (primary N) is 1. The SMILES string of the molecule is Cc1ccc(-c2cn(CC3CCOCC3)cc(C(O)Nc3ccc(-c4c(O)ccnc4N)cc3)c2=O)cc1. The fourth-order valence-electron chi connectivity index (χ4n) is 4.85. The lowest BCUT2D eigenvalue weighted by Crippen LogP contribution is -2.25. The number of aliphatic hydroxyl groups excluding tert-OH is 1. The molecule has 4 aromatic rings. The molecule has 38 heavy (non-hydrogen) atoms. The Kier molecular flexibility index (Phi) is 7.44. The summed E-state index contributed by atoms with van der Waals surface area (Å²) in [4.78, 5) is 17.6. The number of nitrogens with one attached hydrogen (secondary N) is 1. The Morgan fingerprint density at radius 3 is 2.42 bits per heavy atom. The van der Waals surface area contributed by atoms with Gasteiger partial charge in [0.1, 0.15) is 11.6 Å². The van der Waals surface area contributed by atoms with Gasteiger partial charge in [-0.2, -0.15) is 0 Å². The van der Waals surface area contributed by atoms with Gasteiger partial charge in [-0.1, -0.05) is 42.0 Å². The molecule has 5 N–H and O–H groups in total. The lowest BCUT2D eigenvalue weighted by molar-refractivity contribution is 0.0611. The minimum Gasteiger partial charge on any atom is -0.507 e. The normalized spacial score (nSPS) is 14.8. The van der Waals surface area contributed by atoms with Gasteiger partial charge < -0.3 is 30.6 Å². The van der Waals surface area contributed by atoms with Crippen molar-refractivity contribution in [1.82, 2.24) is 9.55 Å². The molecular weight excluding hydrogens is 480 g/mol. The summed E-state index contributed by atoms with van der Waals surface area (Å²) in [5.41, 5.74) is 10.2. The van der Waals surface area contributed by atoms with E-state index >= 15 is 0 Å². The van der Waals surface area contributed by atoms with E-state index in [9.17, 15) is 15.0 Å². The van der Waals surface area contributed by atoms with Gasteiger partial charge in [0.15, 0.2) is 11.7 Å². The van der Waals surface area contributed by atoms with Crippen molar-refractivity contribution in [3.05, 3.63) is 94.5 Å². The van der Waals surface area contributed by atoms with Crippen molar-refractivity contribution in [3.8, 4) is 28.0 Å². The molecule has 8 nitrogen and oxygen atoms in total. The minimum atomic E-state index is -1.23. The van der Waals surface area contributed by atoms with Crippen LogP contribution in [0.25, 0.3) is 22.3 Å². The number of aliphatic hydroxyl groups is 1. The summed E-state index contributed by atoms with van der Waals surface area (Å²) in [7, 11) is 0. The smallest absolute Gasteiger partial charge is 0.197 e. The molecule has 1 aliphatic rings. The van der Waals surface area contributed by atoms with Crippen molar-refractivity contribution >= 4 is 11.5 Å². The van der Waals surface area contributed by atoms with E-state index in [1.165, 1.54) is 12.3 Å². The maximum absolute atomic E-state index is 13.6. The van der Waals surface area contributed by atoms with Crippen LogP contribution in [0.15, 0.2) is 78.0 Å². The number of aromatic nitrogens is 2. The molecular formula is C30H32N4O4. The highest BCUT2D eigenvalue weighted by molar-refractivity contribution is 5.80. The van der Waals surface area contributed by atoms with E-state index in [0.717, 1.165) is 43.7 Å². The third-order valence-corrected chi connectivity index (χ3v) is 7.01. The van der Waals surface area contributed by atoms with Gasteiger partial charge in [0, 0.05) is 49.6 Å². The molecule has 1 fully saturated rings. The number of hydrogen-bond acceptors (Lipinski definition) is 7. The standard InChI is InChI=1S/C30H32N4O4/c1-19-2-4-21(5-3-19)24-17-34(16-20-11-14-38-15-12-20)18-25(28(24)36)30(37)33-23-8-6-22(7-9-23)27-26(35)10-13-32-29(27)31/h2-10,13,17-18,20,30,33,37H,11-12,14-16H2,1H3,(H3,31,32,35). The van der Waals surface area contributed by atoms with Crippen molar-refractivity contribution < 1.29 is 14.9 Å². The van der Waals surface area contributed by atoms with E-state index in [0.29, 0.717) is 28.3 Å². The summed E-state index contributed by atoms with van der Waals surface area (Å²) < 4.78 is 7.52. The topological polar surface area (TPSA) is 123 Å². The van der Waals surface area contributed by atoms with Crippen LogP contribution in [0.2, 0.25) is 0 Å². The highest BCUT2D eigenvalue weighted by Crippen LogP contribution is 2.33. The van der Waals surface area contributed by atoms with Crippen LogP contribution < -0.4 is 16.5 Å². The molecule has 0 amide bonds. The molecule has 5 rings (SSSR count). The molecule has 1 unspecified atom stereocenters. The van der Waals surface area contributed by atoms with E-state index in [1.807, 2.05) is 42.0 Å². The molecule has 1 aliphatic heterocycles. The highest BCUT2D eigenvalue weighted by Gasteiger charge is 2.20. The molecule has 3 heterocycles. The quantitative estimate of drug-likeness (QED) is 0.265. The molecule has 0 spiro atoms. The van der Waals surface area contributed by atoms with Gasteiger partial charge in [-0.15, -0.1) is 0 Å². The molecule has 196 valence electrons. The molecule has 0 saturated carbocycles. The van der Waals surface area contributed by atoms with E-state index in [1.54, 1.807) is 30.5 Å². The zero-order valence-electron chi connectivity index (χ0n) is 21.3. The fourth-order valence-corrected chi connectivity index (χ4v) is 4.85. The van der Waals surface area contributed by atoms with Crippen LogP contribution >= 0.6 is 0 Å². The van der Waals surface area contributed by atoms with Crippen LogP contribution in [-0.2, 0) is 11.3 Å². The highest BCUT2D eigenvalue weighted by atomic mass is 16.5. The molecule has 1 atom stereocenters. The number of aromatic hydroxyl groups is 1. The Balaban J connectivity index is 1.44. The fraction of sp³-hybridized carbons (Fsp3) is 0.267. The van der Waals surface area contributed by atoms with Crippen molar-refractivity contribution in [1.29, 1.82) is 0 Å². The van der Waals surface area contributed by atoms with Crippen LogP contribution in [0.5, 0.6) is 5.75 Å². The first-order valence-electron chi connectivity index (χ1n) is 12.8. The Labute approximate surface area is 221 Å². The summed E-state index contributed by atoms with van der Waals surface area (Å²) in [6, 6.07) is 16.4. The second kappa shape index (κ2) is 11.1. The molecule has 0 aliphatic carbocycles. The largest absolute Gasteiger partial charge is 0.507 e. The molecule has 1 saturated heterocycles. The van der Waals surface area contributed by atoms with Gasteiger partial charge >= 0.3 is 0 Å². The lowest BCUT2D eigenvalue weighted by atomic mass is 9.99. The zero-order chi connectivity index (χ0) is 26.6. The number of ether oxygens (including phenoxy) is 1. The van der Waals surface area contributed by atoms with Crippen molar-refractivity contribution in [2.45, 2.75) is 32.5 Å². The van der Waals surface area contributed by atoms with Gasteiger partial charge in [-0.05, 0) is 55.0 Å². The summed E-state index contributed by atoms with van der Waals surface area (Å²) in [6.45, 7) is 4.23. The third kappa shape index (κ3) is 5.56. The zero-order valence-corrected chi connectivity index (χ0v) is 21.3. The van der Waals surface area contributed by atoms with Crippen molar-refractivity contribution in [2.75, 3.05) is 24.3 Å². The first-order chi connectivity index (χ1) is 18.4. The third-order valence-electron chi connectivity index (χ3n) is 7.01. The maximum atomic E-state index is 13.6. The monoisotopic (exact) mass is 512 g/mol. The van der Waals surface area contributed by atoms with Crippen LogP contribution in [0, 0.1) is 12.8 Å². The number of aryl methyl sites for hydroxylation is 1. The average Bonchev–Trinajstić information content (AvgIpc) is 2.91. The Bertz CT molecular complexity index is 1440. The van der Waals surface area contributed by atoms with Gasteiger partial charge in [0.25, 0.3) is 0 Å². The lowest BCUT2D eigenvalue weighted by Gasteiger charge is -2.24. The average molecular weight is 513 g/mol. The van der Waals surface area contributed by atoms with E-state index < -0.39 is 6.23 Å². The molecule has 0 bridgehead atoms. The molecule has 0 radical (unpaired) electrons. The molecule has 2 aromatic heterocycles. The second-order valence-electron chi connectivity index (χ2n) is 9.79. The number of nitrogen functional groups attached to an aromatic ring is 1. The second-order valence-corrected chi connectivity index (χ2v) is 9.79.